The molecule has 44 heavy (non-hydrogen) atoms. The lowest BCUT2D eigenvalue weighted by molar-refractivity contribution is -0.120. The molecular weight excluding hydrogens is 592 g/mol. The van der Waals surface area contributed by atoms with Crippen molar-refractivity contribution in [2.24, 2.45) is 0 Å². The molecule has 0 aliphatic rings. The molecule has 236 valence electrons. The Balaban J connectivity index is 0.000000375. The number of ether oxygens (including phenoxy) is 1. The summed E-state index contributed by atoms with van der Waals surface area (Å²) < 4.78 is 39.3. The van der Waals surface area contributed by atoms with Gasteiger partial charge in [0.2, 0.25) is 11.7 Å². The van der Waals surface area contributed by atoms with Gasteiger partial charge in [-0.2, -0.15) is 4.98 Å². The van der Waals surface area contributed by atoms with Crippen LogP contribution in [0.5, 0.6) is 5.75 Å². The fourth-order valence-electron chi connectivity index (χ4n) is 3.85. The minimum Gasteiger partial charge on any atom is -0.497 e. The van der Waals surface area contributed by atoms with Crippen LogP contribution in [0.25, 0.3) is 22.2 Å². The highest BCUT2D eigenvalue weighted by molar-refractivity contribution is 7.15. The van der Waals surface area contributed by atoms with Crippen molar-refractivity contribution in [3.05, 3.63) is 58.6 Å². The number of halogens is 2. The minimum atomic E-state index is -0.943. The molecular formula is C30H37F2N7O4S. The van der Waals surface area contributed by atoms with E-state index in [9.17, 15) is 18.4 Å². The number of amides is 2. The predicted octanol–water partition coefficient (Wildman–Crippen LogP) is 5.60. The SMILES string of the molecule is CCC(=O)NCCCCN(C)C.CNc1nc(C)sc1-c1nc(-c2cc(NC(=O)c3cccc(OC)c3)c(F)cc2F)no1. The summed E-state index contributed by atoms with van der Waals surface area (Å²) in [7, 11) is 7.29. The van der Waals surface area contributed by atoms with Crippen LogP contribution in [0.15, 0.2) is 40.9 Å². The minimum absolute atomic E-state index is 0.0949. The quantitative estimate of drug-likeness (QED) is 0.171. The Hall–Kier alpha value is -4.43. The van der Waals surface area contributed by atoms with Gasteiger partial charge < -0.3 is 30.1 Å². The number of unbranched alkanes of at least 4 members (excludes halogenated alkanes) is 1. The summed E-state index contributed by atoms with van der Waals surface area (Å²) in [6.07, 6.45) is 2.81. The molecule has 0 unspecified atom stereocenters. The van der Waals surface area contributed by atoms with Gasteiger partial charge in [-0.3, -0.25) is 9.59 Å². The predicted molar refractivity (Wildman–Crippen MR) is 167 cm³/mol. The van der Waals surface area contributed by atoms with Crippen molar-refractivity contribution in [1.29, 1.82) is 0 Å². The third-order valence-electron chi connectivity index (χ3n) is 6.14. The summed E-state index contributed by atoms with van der Waals surface area (Å²) >= 11 is 1.33. The van der Waals surface area contributed by atoms with Crippen LogP contribution in [-0.4, -0.2) is 73.2 Å². The number of thiazole rings is 1. The van der Waals surface area contributed by atoms with Crippen LogP contribution < -0.4 is 20.7 Å². The molecule has 4 aromatic rings. The van der Waals surface area contributed by atoms with Crippen LogP contribution in [0.1, 0.15) is 41.6 Å². The normalized spacial score (nSPS) is 10.7. The van der Waals surface area contributed by atoms with E-state index in [2.05, 4.69) is 50.1 Å². The zero-order valence-electron chi connectivity index (χ0n) is 25.6. The van der Waals surface area contributed by atoms with Gasteiger partial charge in [-0.25, -0.2) is 13.8 Å². The summed E-state index contributed by atoms with van der Waals surface area (Å²) in [5, 5.41) is 12.8. The second-order valence-corrected chi connectivity index (χ2v) is 11.0. The Morgan fingerprint density at radius 2 is 1.86 bits per heavy atom. The van der Waals surface area contributed by atoms with Gasteiger partial charge in [0.05, 0.1) is 23.4 Å². The molecule has 2 heterocycles. The van der Waals surface area contributed by atoms with Gasteiger partial charge in [0, 0.05) is 31.6 Å². The van der Waals surface area contributed by atoms with Crippen LogP contribution in [-0.2, 0) is 4.79 Å². The Morgan fingerprint density at radius 1 is 1.09 bits per heavy atom. The molecule has 0 fully saturated rings. The molecule has 0 saturated heterocycles. The highest BCUT2D eigenvalue weighted by Crippen LogP contribution is 2.34. The topological polar surface area (TPSA) is 135 Å². The number of carbonyl (C=O) groups is 2. The fraction of sp³-hybridized carbons (Fsp3) is 0.367. The number of carbonyl (C=O) groups excluding carboxylic acids is 2. The average molecular weight is 630 g/mol. The van der Waals surface area contributed by atoms with E-state index in [1.807, 2.05) is 13.8 Å². The van der Waals surface area contributed by atoms with Gasteiger partial charge in [0.15, 0.2) is 0 Å². The Labute approximate surface area is 259 Å². The third-order valence-corrected chi connectivity index (χ3v) is 7.10. The number of rotatable bonds is 12. The smallest absolute Gasteiger partial charge is 0.272 e. The number of anilines is 2. The van der Waals surface area contributed by atoms with Gasteiger partial charge in [-0.1, -0.05) is 18.1 Å². The first-order valence-electron chi connectivity index (χ1n) is 13.9. The van der Waals surface area contributed by atoms with Gasteiger partial charge in [0.25, 0.3) is 11.8 Å². The van der Waals surface area contributed by atoms with Crippen LogP contribution in [0.2, 0.25) is 0 Å². The molecule has 0 atom stereocenters. The number of nitrogens with zero attached hydrogens (tertiary/aromatic N) is 4. The van der Waals surface area contributed by atoms with E-state index in [-0.39, 0.29) is 34.4 Å². The van der Waals surface area contributed by atoms with E-state index in [0.717, 1.165) is 37.0 Å². The molecule has 0 radical (unpaired) electrons. The van der Waals surface area contributed by atoms with Crippen LogP contribution in [0.4, 0.5) is 20.3 Å². The number of hydrogen-bond donors (Lipinski definition) is 3. The Kier molecular flexibility index (Phi) is 12.7. The number of aromatic nitrogens is 3. The van der Waals surface area contributed by atoms with Gasteiger partial charge in [-0.05, 0) is 64.7 Å². The molecule has 2 aromatic carbocycles. The maximum absolute atomic E-state index is 14.5. The van der Waals surface area contributed by atoms with Crippen LogP contribution in [0, 0.1) is 18.6 Å². The molecule has 0 aliphatic heterocycles. The molecule has 11 nitrogen and oxygen atoms in total. The largest absolute Gasteiger partial charge is 0.497 e. The summed E-state index contributed by atoms with van der Waals surface area (Å²) in [6, 6.07) is 8.12. The summed E-state index contributed by atoms with van der Waals surface area (Å²) in [5.74, 6) is -1.22. The van der Waals surface area contributed by atoms with E-state index in [1.165, 1.54) is 24.5 Å². The van der Waals surface area contributed by atoms with Gasteiger partial charge in [-0.15, -0.1) is 11.3 Å². The van der Waals surface area contributed by atoms with Crippen LogP contribution in [0.3, 0.4) is 0 Å². The first-order chi connectivity index (χ1) is 21.1. The molecule has 4 rings (SSSR count). The third kappa shape index (κ3) is 9.54. The lowest BCUT2D eigenvalue weighted by atomic mass is 10.1. The first kappa shape index (κ1) is 34.1. The average Bonchev–Trinajstić information content (AvgIpc) is 3.64. The zero-order chi connectivity index (χ0) is 32.2. The van der Waals surface area contributed by atoms with Crippen molar-refractivity contribution >= 4 is 34.7 Å². The number of nitrogens with one attached hydrogen (secondary N) is 3. The lowest BCUT2D eigenvalue weighted by Crippen LogP contribution is -2.24. The molecule has 2 amide bonds. The second-order valence-electron chi connectivity index (χ2n) is 9.80. The molecule has 0 saturated carbocycles. The zero-order valence-corrected chi connectivity index (χ0v) is 26.4. The molecule has 2 aromatic heterocycles. The van der Waals surface area contributed by atoms with E-state index in [4.69, 9.17) is 9.26 Å². The Morgan fingerprint density at radius 3 is 2.55 bits per heavy atom. The first-order valence-corrected chi connectivity index (χ1v) is 14.7. The standard InChI is InChI=1S/C21H17F2N5O3S.C9H20N2O/c1-10-25-19(24-2)17(32-10)21-27-18(28-31-21)13-8-16(15(23)9-14(13)22)26-20(29)11-5-4-6-12(7-11)30-3;1-4-9(12)10-7-5-6-8-11(2)3/h4-9,24H,1-3H3,(H,26,29);4-8H2,1-3H3,(H,10,12). The lowest BCUT2D eigenvalue weighted by Gasteiger charge is -2.09. The molecule has 0 aliphatic carbocycles. The number of benzene rings is 2. The van der Waals surface area contributed by atoms with Crippen LogP contribution >= 0.6 is 11.3 Å². The highest BCUT2D eigenvalue weighted by Gasteiger charge is 2.21. The molecule has 14 heteroatoms. The van der Waals surface area contributed by atoms with Crippen molar-refractivity contribution < 1.29 is 27.6 Å². The fourth-order valence-corrected chi connectivity index (χ4v) is 4.69. The highest BCUT2D eigenvalue weighted by atomic mass is 32.1. The number of aryl methyl sites for hydroxylation is 1. The maximum Gasteiger partial charge on any atom is 0.272 e. The summed E-state index contributed by atoms with van der Waals surface area (Å²) in [4.78, 5) is 34.6. The van der Waals surface area contributed by atoms with E-state index in [1.54, 1.807) is 25.2 Å². The second kappa shape index (κ2) is 16.4. The van der Waals surface area contributed by atoms with E-state index < -0.39 is 17.5 Å². The number of hydrogen-bond acceptors (Lipinski definition) is 10. The molecule has 3 N–H and O–H groups in total. The van der Waals surface area contributed by atoms with Gasteiger partial charge >= 0.3 is 0 Å². The van der Waals surface area contributed by atoms with E-state index in [0.29, 0.717) is 28.9 Å². The number of methoxy groups -OCH3 is 1. The van der Waals surface area contributed by atoms with Crippen molar-refractivity contribution in [1.82, 2.24) is 25.3 Å². The van der Waals surface area contributed by atoms with Crippen molar-refractivity contribution in [2.45, 2.75) is 33.1 Å². The van der Waals surface area contributed by atoms with Gasteiger partial charge in [0.1, 0.15) is 28.1 Å². The van der Waals surface area contributed by atoms with Crippen molar-refractivity contribution in [3.8, 4) is 27.9 Å². The molecule has 0 spiro atoms. The summed E-state index contributed by atoms with van der Waals surface area (Å²) in [6.45, 7) is 5.61. The molecule has 0 bridgehead atoms. The maximum atomic E-state index is 14.5. The van der Waals surface area contributed by atoms with Crippen molar-refractivity contribution in [2.75, 3.05) is 52.0 Å². The Bertz CT molecular complexity index is 1560. The summed E-state index contributed by atoms with van der Waals surface area (Å²) in [5.41, 5.74) is -0.115. The van der Waals surface area contributed by atoms with E-state index >= 15 is 0 Å². The monoisotopic (exact) mass is 629 g/mol. The van der Waals surface area contributed by atoms with Crippen molar-refractivity contribution in [3.63, 3.8) is 0 Å².